The quantitative estimate of drug-likeness (QED) is 0.376. The lowest BCUT2D eigenvalue weighted by atomic mass is 9.81. The van der Waals surface area contributed by atoms with Crippen molar-refractivity contribution in [2.24, 2.45) is 0 Å². The Morgan fingerprint density at radius 3 is 1.57 bits per heavy atom. The minimum Gasteiger partial charge on any atom is -0.228 e. The second kappa shape index (κ2) is 8.00. The van der Waals surface area contributed by atoms with Gasteiger partial charge < -0.3 is 0 Å². The molecule has 3 heteroatoms. The van der Waals surface area contributed by atoms with Crippen molar-refractivity contribution in [2.45, 2.75) is 99.4 Å². The van der Waals surface area contributed by atoms with Crippen LogP contribution in [0.25, 0.3) is 0 Å². The monoisotopic (exact) mass is 338 g/mol. The van der Waals surface area contributed by atoms with E-state index in [-0.39, 0.29) is 0 Å². The summed E-state index contributed by atoms with van der Waals surface area (Å²) >= 11 is 0. The van der Waals surface area contributed by atoms with Gasteiger partial charge in [0.1, 0.15) is 0 Å². The molecule has 2 saturated heterocycles. The van der Waals surface area contributed by atoms with E-state index in [1.54, 1.807) is 0 Å². The summed E-state index contributed by atoms with van der Waals surface area (Å²) in [7, 11) is -3.01. The minimum absolute atomic E-state index is 0.400. The van der Waals surface area contributed by atoms with Gasteiger partial charge in [-0.2, -0.15) is 0 Å². The largest absolute Gasteiger partial charge is 0.228 e. The normalized spacial score (nSPS) is 32.3. The first-order valence-electron chi connectivity index (χ1n) is 9.50. The summed E-state index contributed by atoms with van der Waals surface area (Å²) in [5, 5.41) is 0. The fourth-order valence-corrected chi connectivity index (χ4v) is 8.15. The van der Waals surface area contributed by atoms with E-state index in [1.807, 2.05) is 12.2 Å². The molecule has 0 saturated carbocycles. The van der Waals surface area contributed by atoms with E-state index < -0.39 is 19.3 Å². The summed E-state index contributed by atoms with van der Waals surface area (Å²) in [5.74, 6) is 0. The number of rotatable bonds is 10. The van der Waals surface area contributed by atoms with Gasteiger partial charge in [-0.15, -0.1) is 13.2 Å². The molecule has 2 nitrogen and oxygen atoms in total. The topological polar surface area (TPSA) is 34.1 Å². The molecular weight excluding hydrogens is 304 g/mol. The van der Waals surface area contributed by atoms with Gasteiger partial charge in [-0.05, 0) is 64.2 Å². The molecule has 132 valence electrons. The number of allylic oxidation sites excluding steroid dienone is 2. The van der Waals surface area contributed by atoms with E-state index >= 15 is 0 Å². The molecule has 23 heavy (non-hydrogen) atoms. The zero-order valence-electron chi connectivity index (χ0n) is 14.7. The highest BCUT2D eigenvalue weighted by Gasteiger charge is 2.61. The summed E-state index contributed by atoms with van der Waals surface area (Å²) in [4.78, 5) is 0. The molecule has 0 amide bonds. The highest BCUT2D eigenvalue weighted by Crippen LogP contribution is 2.56. The summed E-state index contributed by atoms with van der Waals surface area (Å²) < 4.78 is 26.3. The number of fused-ring (bicyclic) bond motifs is 2. The Labute approximate surface area is 143 Å². The van der Waals surface area contributed by atoms with Crippen LogP contribution in [-0.4, -0.2) is 17.9 Å². The van der Waals surface area contributed by atoms with Gasteiger partial charge in [0, 0.05) is 0 Å². The van der Waals surface area contributed by atoms with Gasteiger partial charge in [-0.3, -0.25) is 0 Å². The number of hydrogen-bond acceptors (Lipinski definition) is 2. The van der Waals surface area contributed by atoms with E-state index in [4.69, 9.17) is 0 Å². The van der Waals surface area contributed by atoms with Crippen LogP contribution in [0.3, 0.4) is 0 Å². The summed E-state index contributed by atoms with van der Waals surface area (Å²) in [6, 6.07) is 0. The van der Waals surface area contributed by atoms with Crippen molar-refractivity contribution in [3.8, 4) is 0 Å². The maximum atomic E-state index is 13.5. The van der Waals surface area contributed by atoms with Crippen molar-refractivity contribution in [2.75, 3.05) is 0 Å². The molecule has 0 aromatic heterocycles. The number of sulfone groups is 1. The number of hydrogen-bond donors (Lipinski definition) is 0. The van der Waals surface area contributed by atoms with E-state index in [2.05, 4.69) is 13.2 Å². The van der Waals surface area contributed by atoms with E-state index in [0.717, 1.165) is 89.9 Å². The van der Waals surface area contributed by atoms with Crippen LogP contribution in [0.5, 0.6) is 0 Å². The van der Waals surface area contributed by atoms with Gasteiger partial charge in [0.2, 0.25) is 0 Å². The first-order chi connectivity index (χ1) is 11.0. The van der Waals surface area contributed by atoms with Crippen LogP contribution in [-0.2, 0) is 9.84 Å². The molecule has 2 rings (SSSR count). The van der Waals surface area contributed by atoms with Gasteiger partial charge in [0.15, 0.2) is 9.84 Å². The lowest BCUT2D eigenvalue weighted by Crippen LogP contribution is -2.43. The molecule has 2 fully saturated rings. The predicted octanol–water partition coefficient (Wildman–Crippen LogP) is 5.74. The van der Waals surface area contributed by atoms with Crippen molar-refractivity contribution < 1.29 is 8.42 Å². The first-order valence-corrected chi connectivity index (χ1v) is 11.0. The SMILES string of the molecule is C=CCCCC[C@]12CCCC[C@](CCCCC=C)(CC1)S2(=O)=O. The maximum Gasteiger partial charge on any atom is 0.161 e. The number of unbranched alkanes of at least 4 members (excludes halogenated alkanes) is 4. The molecular formula is C20H34O2S. The highest BCUT2D eigenvalue weighted by molar-refractivity contribution is 7.94. The third kappa shape index (κ3) is 3.60. The standard InChI is InChI=1S/C20H34O2S/c1-3-5-7-9-13-19-15-11-12-16-20(18-17-19,23(19,21)22)14-10-8-6-4-2/h3-4H,1-2,5-18H2/t19-,20+. The van der Waals surface area contributed by atoms with Gasteiger partial charge >= 0.3 is 0 Å². The average Bonchev–Trinajstić information content (AvgIpc) is 2.65. The Balaban J connectivity index is 2.11. The van der Waals surface area contributed by atoms with Crippen LogP contribution < -0.4 is 0 Å². The Morgan fingerprint density at radius 1 is 0.739 bits per heavy atom. The van der Waals surface area contributed by atoms with Crippen molar-refractivity contribution in [3.63, 3.8) is 0 Å². The van der Waals surface area contributed by atoms with Crippen LogP contribution in [0.15, 0.2) is 25.3 Å². The summed E-state index contributed by atoms with van der Waals surface area (Å²) in [6.07, 6.45) is 17.6. The zero-order valence-corrected chi connectivity index (χ0v) is 15.5. The first kappa shape index (κ1) is 18.8. The third-order valence-electron chi connectivity index (χ3n) is 6.27. The second-order valence-corrected chi connectivity index (χ2v) is 10.4. The highest BCUT2D eigenvalue weighted by atomic mass is 32.2. The van der Waals surface area contributed by atoms with E-state index in [9.17, 15) is 8.42 Å². The van der Waals surface area contributed by atoms with Crippen LogP contribution in [0.1, 0.15) is 89.9 Å². The molecule has 0 unspecified atom stereocenters. The van der Waals surface area contributed by atoms with E-state index in [0.29, 0.717) is 0 Å². The minimum atomic E-state index is -3.01. The molecule has 0 N–H and O–H groups in total. The molecule has 0 aromatic carbocycles. The Kier molecular flexibility index (Phi) is 6.53. The molecule has 0 aliphatic carbocycles. The molecule has 2 aliphatic rings. The van der Waals surface area contributed by atoms with Crippen LogP contribution in [0.2, 0.25) is 0 Å². The van der Waals surface area contributed by atoms with Crippen molar-refractivity contribution in [1.29, 1.82) is 0 Å². The van der Waals surface area contributed by atoms with Crippen molar-refractivity contribution >= 4 is 9.84 Å². The van der Waals surface area contributed by atoms with Gasteiger partial charge in [-0.1, -0.05) is 37.8 Å². The molecule has 2 bridgehead atoms. The molecule has 2 aliphatic heterocycles. The zero-order chi connectivity index (χ0) is 16.8. The Bertz CT molecular complexity index is 468. The molecule has 0 spiro atoms. The summed E-state index contributed by atoms with van der Waals surface area (Å²) in [5.41, 5.74) is 0. The predicted molar refractivity (Wildman–Crippen MR) is 99.4 cm³/mol. The fourth-order valence-electron chi connectivity index (χ4n) is 4.84. The summed E-state index contributed by atoms with van der Waals surface area (Å²) in [6.45, 7) is 7.54. The third-order valence-corrected chi connectivity index (χ3v) is 9.78. The van der Waals surface area contributed by atoms with Gasteiger partial charge in [0.25, 0.3) is 0 Å². The van der Waals surface area contributed by atoms with Gasteiger partial charge in [0.05, 0.1) is 9.49 Å². The van der Waals surface area contributed by atoms with Crippen LogP contribution in [0.4, 0.5) is 0 Å². The second-order valence-electron chi connectivity index (χ2n) is 7.65. The molecule has 0 radical (unpaired) electrons. The Morgan fingerprint density at radius 2 is 1.17 bits per heavy atom. The van der Waals surface area contributed by atoms with Gasteiger partial charge in [-0.25, -0.2) is 8.42 Å². The van der Waals surface area contributed by atoms with Crippen molar-refractivity contribution in [3.05, 3.63) is 25.3 Å². The maximum absolute atomic E-state index is 13.5. The van der Waals surface area contributed by atoms with Crippen LogP contribution >= 0.6 is 0 Å². The smallest absolute Gasteiger partial charge is 0.161 e. The molecule has 2 atom stereocenters. The lowest BCUT2D eigenvalue weighted by molar-refractivity contribution is 0.370. The average molecular weight is 339 g/mol. The van der Waals surface area contributed by atoms with Crippen LogP contribution in [0, 0.1) is 0 Å². The Hall–Kier alpha value is -0.570. The van der Waals surface area contributed by atoms with E-state index in [1.165, 1.54) is 0 Å². The fraction of sp³-hybridized carbons (Fsp3) is 0.800. The molecule has 0 aromatic rings. The van der Waals surface area contributed by atoms with Crippen molar-refractivity contribution in [1.82, 2.24) is 0 Å². The molecule has 2 heterocycles. The lowest BCUT2D eigenvalue weighted by Gasteiger charge is -2.32.